The number of hydrogen-bond acceptors (Lipinski definition) is 8. The Labute approximate surface area is 668 Å². The second-order valence-electron chi connectivity index (χ2n) is 29.7. The van der Waals surface area contributed by atoms with Crippen molar-refractivity contribution < 1.29 is 0 Å². The summed E-state index contributed by atoms with van der Waals surface area (Å²) >= 11 is 3.56. The molecule has 2 aromatic heterocycles. The first kappa shape index (κ1) is 66.6. The third-order valence-electron chi connectivity index (χ3n) is 23.5. The van der Waals surface area contributed by atoms with Gasteiger partial charge in [-0.2, -0.15) is 10.5 Å². The molecule has 114 heavy (non-hydrogen) atoms. The van der Waals surface area contributed by atoms with Gasteiger partial charge in [-0.1, -0.05) is 321 Å². The van der Waals surface area contributed by atoms with Gasteiger partial charge in [0.2, 0.25) is 0 Å². The molecule has 4 aliphatic rings. The Hall–Kier alpha value is -14.4. The van der Waals surface area contributed by atoms with Crippen LogP contribution < -0.4 is 0 Å². The Kier molecular flexibility index (Phi) is 15.6. The Morgan fingerprint density at radius 3 is 1.10 bits per heavy atom. The van der Waals surface area contributed by atoms with E-state index in [9.17, 15) is 10.5 Å². The van der Waals surface area contributed by atoms with E-state index in [0.717, 1.165) is 126 Å². The maximum Gasteiger partial charge on any atom is 0.160 e. The lowest BCUT2D eigenvalue weighted by molar-refractivity contribution is 0.723. The first-order valence-electron chi connectivity index (χ1n) is 38.3. The Morgan fingerprint density at radius 2 is 0.561 bits per heavy atom. The summed E-state index contributed by atoms with van der Waals surface area (Å²) in [7, 11) is 0. The predicted molar refractivity (Wildman–Crippen MR) is 462 cm³/mol. The van der Waals surface area contributed by atoms with Crippen molar-refractivity contribution in [2.75, 3.05) is 0 Å². The van der Waals surface area contributed by atoms with Gasteiger partial charge in [0.1, 0.15) is 0 Å². The van der Waals surface area contributed by atoms with Crippen molar-refractivity contribution in [1.82, 2.24) is 19.9 Å². The van der Waals surface area contributed by atoms with Crippen molar-refractivity contribution in [1.29, 1.82) is 10.5 Å². The molecule has 2 aliphatic carbocycles. The lowest BCUT2D eigenvalue weighted by atomic mass is 9.67. The molecule has 0 atom stereocenters. The fourth-order valence-corrected chi connectivity index (χ4v) is 20.9. The van der Waals surface area contributed by atoms with E-state index < -0.39 is 10.8 Å². The number of hydrogen-bond donors (Lipinski definition) is 0. The highest BCUT2D eigenvalue weighted by Crippen LogP contribution is 2.65. The molecule has 18 aromatic rings. The summed E-state index contributed by atoms with van der Waals surface area (Å²) in [6.45, 7) is 0. The van der Waals surface area contributed by atoms with Crippen LogP contribution in [-0.4, -0.2) is 19.9 Å². The number of nitriles is 2. The lowest BCUT2D eigenvalue weighted by Gasteiger charge is -2.40. The van der Waals surface area contributed by atoms with Gasteiger partial charge in [0, 0.05) is 58.5 Å². The van der Waals surface area contributed by atoms with Gasteiger partial charge in [0.15, 0.2) is 11.6 Å². The van der Waals surface area contributed by atoms with Crippen LogP contribution in [0, 0.1) is 22.7 Å². The monoisotopic (exact) mass is 1480 g/mol. The lowest BCUT2D eigenvalue weighted by Crippen LogP contribution is -2.32. The van der Waals surface area contributed by atoms with Crippen LogP contribution in [0.15, 0.2) is 396 Å². The third kappa shape index (κ3) is 10.6. The highest BCUT2D eigenvalue weighted by Gasteiger charge is 2.52. The zero-order chi connectivity index (χ0) is 75.6. The number of fused-ring (bicyclic) bond motifs is 19. The van der Waals surface area contributed by atoms with Gasteiger partial charge in [0.05, 0.1) is 56.9 Å². The zero-order valence-corrected chi connectivity index (χ0v) is 62.9. The van der Waals surface area contributed by atoms with Gasteiger partial charge in [-0.15, -0.1) is 0 Å². The molecule has 16 aromatic carbocycles. The second kappa shape index (κ2) is 26.7. The normalized spacial score (nSPS) is 13.1. The molecule has 0 fully saturated rings. The summed E-state index contributed by atoms with van der Waals surface area (Å²) in [5.41, 5.74) is 31.6. The average molecular weight is 1480 g/mol. The van der Waals surface area contributed by atoms with Gasteiger partial charge in [-0.05, 0) is 195 Å². The minimum Gasteiger partial charge on any atom is -0.228 e. The number of nitrogens with zero attached hydrogens (tertiary/aromatic N) is 6. The molecule has 0 bridgehead atoms. The molecule has 8 heteroatoms. The minimum absolute atomic E-state index is 0.581. The molecule has 2 spiro atoms. The summed E-state index contributed by atoms with van der Waals surface area (Å²) in [6, 6.07) is 140. The summed E-state index contributed by atoms with van der Waals surface area (Å²) in [5.74, 6) is 1.26. The van der Waals surface area contributed by atoms with Crippen molar-refractivity contribution in [2.45, 2.75) is 30.4 Å². The molecule has 4 heterocycles. The van der Waals surface area contributed by atoms with Gasteiger partial charge in [-0.3, -0.25) is 0 Å². The Balaban J connectivity index is 0.668. The van der Waals surface area contributed by atoms with Gasteiger partial charge >= 0.3 is 0 Å². The Morgan fingerprint density at radius 1 is 0.211 bits per heavy atom. The topological polar surface area (TPSA) is 99.1 Å². The van der Waals surface area contributed by atoms with Crippen LogP contribution in [0.3, 0.4) is 0 Å². The van der Waals surface area contributed by atoms with E-state index in [1.807, 2.05) is 42.5 Å². The van der Waals surface area contributed by atoms with Crippen molar-refractivity contribution >= 4 is 34.3 Å². The number of aromatic nitrogens is 4. The summed E-state index contributed by atoms with van der Waals surface area (Å²) in [6.07, 6.45) is 0. The summed E-state index contributed by atoms with van der Waals surface area (Å²) in [5, 5.41) is 23.5. The molecule has 0 unspecified atom stereocenters. The predicted octanol–water partition coefficient (Wildman–Crippen LogP) is 26.5. The third-order valence-corrected chi connectivity index (χ3v) is 25.7. The smallest absolute Gasteiger partial charge is 0.160 e. The van der Waals surface area contributed by atoms with E-state index in [4.69, 9.17) is 19.9 Å². The van der Waals surface area contributed by atoms with Crippen molar-refractivity contribution in [3.63, 3.8) is 0 Å². The maximum absolute atomic E-state index is 11.2. The van der Waals surface area contributed by atoms with Crippen LogP contribution in [0.1, 0.15) is 55.6 Å². The molecular formula is C106H62N6S2. The van der Waals surface area contributed by atoms with Crippen LogP contribution in [0.4, 0.5) is 0 Å². The van der Waals surface area contributed by atoms with E-state index in [1.54, 1.807) is 23.5 Å². The first-order chi connectivity index (χ1) is 56.3. The maximum atomic E-state index is 11.2. The van der Waals surface area contributed by atoms with Gasteiger partial charge in [0.25, 0.3) is 0 Å². The van der Waals surface area contributed by atoms with Crippen LogP contribution >= 0.6 is 23.5 Å². The molecule has 2 aliphatic heterocycles. The van der Waals surface area contributed by atoms with Crippen LogP contribution in [0.2, 0.25) is 0 Å². The van der Waals surface area contributed by atoms with Gasteiger partial charge in [-0.25, -0.2) is 19.9 Å². The standard InChI is InChI=1S/C106H62N6S2/c107-63-65-20-17-27-69(52-65)74-44-48-91-99(57-74)113-102-60-80(47-51-94(102)105(91)87-36-13-9-32-82(87)83-33-10-14-37-88(83)105)104-111-95(76-30-18-28-71(53-76)66-21-3-1-4-22-66)61-96(112-104)77-31-19-29-72(55-77)73-41-43-81(64-108)86(56-73)75-45-49-92-100(58-75)114-101-59-79(46-50-93(101)106(92)89-38-15-11-34-84(89)85-35-12-16-39-90(85)106)98-62-97(109-103(110-98)68-24-5-2-6-25-68)78-42-40-67-23-7-8-26-70(67)54-78/h1-62H. The van der Waals surface area contributed by atoms with Gasteiger partial charge < -0.3 is 0 Å². The minimum atomic E-state index is -0.662. The molecular weight excluding hydrogens is 1420 g/mol. The SMILES string of the molecule is N#Cc1cccc(-c2ccc3c(c2)Sc2cc(-c4nc(-c5cccc(-c6ccccc6)c5)cc(-c5cccc(-c6ccc(C#N)c(-c7ccc8c(c7)Sc7cc(-c9cc(-c%10ccc%11ccccc%11c%10)nc(-c%10ccccc%10)n9)ccc7C87c8ccccc8-c8ccccc87)c6)c5)n4)ccc2C32c3ccccc3-c3ccccc32)c1. The van der Waals surface area contributed by atoms with E-state index in [2.05, 4.69) is 346 Å². The van der Waals surface area contributed by atoms with E-state index in [-0.39, 0.29) is 0 Å². The molecule has 528 valence electrons. The number of rotatable bonds is 10. The molecule has 0 saturated carbocycles. The second-order valence-corrected chi connectivity index (χ2v) is 31.8. The fourth-order valence-electron chi connectivity index (χ4n) is 18.3. The molecule has 0 radical (unpaired) electrons. The van der Waals surface area contributed by atoms with E-state index in [0.29, 0.717) is 22.8 Å². The average Bonchev–Trinajstić information content (AvgIpc) is 1.50. The summed E-state index contributed by atoms with van der Waals surface area (Å²) in [4.78, 5) is 26.3. The van der Waals surface area contributed by atoms with Crippen LogP contribution in [0.25, 0.3) is 145 Å². The molecule has 0 N–H and O–H groups in total. The zero-order valence-electron chi connectivity index (χ0n) is 61.3. The summed E-state index contributed by atoms with van der Waals surface area (Å²) < 4.78 is 0. The molecule has 22 rings (SSSR count). The van der Waals surface area contributed by atoms with Crippen LogP contribution in [0.5, 0.6) is 0 Å². The quantitative estimate of drug-likeness (QED) is 0.134. The van der Waals surface area contributed by atoms with E-state index in [1.165, 1.54) is 72.1 Å². The number of benzene rings is 16. The van der Waals surface area contributed by atoms with Crippen LogP contribution in [-0.2, 0) is 10.8 Å². The van der Waals surface area contributed by atoms with Crippen molar-refractivity contribution in [3.8, 4) is 147 Å². The van der Waals surface area contributed by atoms with Crippen molar-refractivity contribution in [3.05, 3.63) is 432 Å². The molecule has 6 nitrogen and oxygen atoms in total. The largest absolute Gasteiger partial charge is 0.228 e. The highest BCUT2D eigenvalue weighted by atomic mass is 32.2. The fraction of sp³-hybridized carbons (Fsp3) is 0.0189. The molecule has 0 saturated heterocycles. The van der Waals surface area contributed by atoms with E-state index >= 15 is 0 Å². The Bertz CT molecular complexity index is 7080. The first-order valence-corrected chi connectivity index (χ1v) is 39.9. The molecule has 0 amide bonds. The van der Waals surface area contributed by atoms with Crippen molar-refractivity contribution in [2.24, 2.45) is 0 Å². The highest BCUT2D eigenvalue weighted by molar-refractivity contribution is 7.99.